The van der Waals surface area contributed by atoms with E-state index in [1.807, 2.05) is 25.1 Å². The number of rotatable bonds is 6. The number of halogens is 3. The van der Waals surface area contributed by atoms with Crippen LogP contribution in [0.2, 0.25) is 0 Å². The molecular weight excluding hydrogens is 357 g/mol. The second-order valence-electron chi connectivity index (χ2n) is 6.15. The summed E-state index contributed by atoms with van der Waals surface area (Å²) >= 11 is 0. The molecule has 0 aliphatic heterocycles. The first-order valence-electron chi connectivity index (χ1n) is 8.57. The van der Waals surface area contributed by atoms with Crippen LogP contribution in [0.4, 0.5) is 13.2 Å². The Bertz CT molecular complexity index is 904. The summed E-state index contributed by atoms with van der Waals surface area (Å²) in [5.74, 6) is 0.431. The Kier molecular flexibility index (Phi) is 5.55. The van der Waals surface area contributed by atoms with E-state index in [4.69, 9.17) is 5.11 Å². The summed E-state index contributed by atoms with van der Waals surface area (Å²) in [6, 6.07) is 11.0. The lowest BCUT2D eigenvalue weighted by molar-refractivity contribution is -0.137. The molecule has 3 aromatic rings. The lowest BCUT2D eigenvalue weighted by Crippen LogP contribution is -2.06. The van der Waals surface area contributed by atoms with E-state index in [0.29, 0.717) is 12.2 Å². The van der Waals surface area contributed by atoms with Crippen LogP contribution in [0.25, 0.3) is 11.4 Å². The van der Waals surface area contributed by atoms with Crippen molar-refractivity contribution in [1.29, 1.82) is 0 Å². The third-order valence-corrected chi connectivity index (χ3v) is 4.25. The van der Waals surface area contributed by atoms with Gasteiger partial charge < -0.3 is 5.11 Å². The molecule has 0 fully saturated rings. The summed E-state index contributed by atoms with van der Waals surface area (Å²) in [5, 5.41) is 21.2. The highest BCUT2D eigenvalue weighted by Crippen LogP contribution is 2.30. The van der Waals surface area contributed by atoms with E-state index >= 15 is 0 Å². The van der Waals surface area contributed by atoms with E-state index in [9.17, 15) is 13.2 Å². The Morgan fingerprint density at radius 2 is 1.74 bits per heavy atom. The fourth-order valence-corrected chi connectivity index (χ4v) is 2.77. The Morgan fingerprint density at radius 1 is 1.04 bits per heavy atom. The molecule has 142 valence electrons. The monoisotopic (exact) mass is 376 g/mol. The van der Waals surface area contributed by atoms with Crippen molar-refractivity contribution in [2.45, 2.75) is 32.5 Å². The van der Waals surface area contributed by atoms with Gasteiger partial charge in [0.15, 0.2) is 0 Å². The van der Waals surface area contributed by atoms with Gasteiger partial charge in [-0.1, -0.05) is 31.2 Å². The summed E-state index contributed by atoms with van der Waals surface area (Å²) < 4.78 is 38.2. The highest BCUT2D eigenvalue weighted by Gasteiger charge is 2.29. The number of aliphatic hydroxyl groups is 1. The Morgan fingerprint density at radius 3 is 2.37 bits per heavy atom. The van der Waals surface area contributed by atoms with Gasteiger partial charge in [-0.05, 0) is 52.9 Å². The zero-order valence-electron chi connectivity index (χ0n) is 14.7. The molecule has 8 heteroatoms. The van der Waals surface area contributed by atoms with Crippen LogP contribution in [-0.2, 0) is 25.6 Å². The molecule has 0 radical (unpaired) electrons. The number of tetrazole rings is 1. The summed E-state index contributed by atoms with van der Waals surface area (Å²) in [7, 11) is 0. The molecule has 0 unspecified atom stereocenters. The summed E-state index contributed by atoms with van der Waals surface area (Å²) in [6.45, 7) is 2.18. The quantitative estimate of drug-likeness (QED) is 0.715. The number of hydrogen-bond donors (Lipinski definition) is 1. The molecule has 0 saturated carbocycles. The molecule has 1 aromatic heterocycles. The molecule has 2 aromatic carbocycles. The number of hydrogen-bond acceptors (Lipinski definition) is 4. The minimum atomic E-state index is -4.35. The second kappa shape index (κ2) is 7.87. The average molecular weight is 376 g/mol. The normalized spacial score (nSPS) is 11.7. The molecule has 0 atom stereocenters. The largest absolute Gasteiger partial charge is 0.416 e. The Balaban J connectivity index is 1.92. The van der Waals surface area contributed by atoms with Crippen molar-refractivity contribution in [1.82, 2.24) is 20.2 Å². The zero-order chi connectivity index (χ0) is 19.4. The van der Waals surface area contributed by atoms with Crippen molar-refractivity contribution in [2.24, 2.45) is 0 Å². The average Bonchev–Trinajstić information content (AvgIpc) is 3.10. The van der Waals surface area contributed by atoms with Gasteiger partial charge in [-0.15, -0.1) is 10.2 Å². The lowest BCUT2D eigenvalue weighted by Gasteiger charge is -2.11. The smallest absolute Gasteiger partial charge is 0.394 e. The maximum absolute atomic E-state index is 12.7. The summed E-state index contributed by atoms with van der Waals surface area (Å²) in [6.07, 6.45) is -3.06. The molecule has 3 rings (SSSR count). The highest BCUT2D eigenvalue weighted by atomic mass is 19.4. The Hall–Kier alpha value is -2.74. The number of nitrogens with zero attached hydrogens (tertiary/aromatic N) is 4. The van der Waals surface area contributed by atoms with Crippen LogP contribution in [0.5, 0.6) is 0 Å². The molecule has 27 heavy (non-hydrogen) atoms. The summed E-state index contributed by atoms with van der Waals surface area (Å²) in [5.41, 5.74) is 2.88. The molecule has 0 saturated heterocycles. The standard InChI is InChI=1S/C19H19F3N4O/c1-2-13-3-6-15(11-14-4-7-16(8-5-14)19(20,21)22)17(12-13)18-23-25-26(24-18)9-10-27/h3-8,12,27H,2,9-11H2,1H3. The molecular formula is C19H19F3N4O. The van der Waals surface area contributed by atoms with Crippen molar-refractivity contribution in [3.05, 3.63) is 64.7 Å². The third kappa shape index (κ3) is 4.51. The van der Waals surface area contributed by atoms with Crippen molar-refractivity contribution in [3.63, 3.8) is 0 Å². The molecule has 0 aliphatic carbocycles. The van der Waals surface area contributed by atoms with Gasteiger partial charge >= 0.3 is 6.18 Å². The van der Waals surface area contributed by atoms with Crippen molar-refractivity contribution < 1.29 is 18.3 Å². The van der Waals surface area contributed by atoms with E-state index in [0.717, 1.165) is 40.8 Å². The second-order valence-corrected chi connectivity index (χ2v) is 6.15. The van der Waals surface area contributed by atoms with Gasteiger partial charge in [0.2, 0.25) is 5.82 Å². The van der Waals surface area contributed by atoms with Crippen LogP contribution < -0.4 is 0 Å². The molecule has 5 nitrogen and oxygen atoms in total. The maximum atomic E-state index is 12.7. The van der Waals surface area contributed by atoms with E-state index < -0.39 is 11.7 Å². The summed E-state index contributed by atoms with van der Waals surface area (Å²) in [4.78, 5) is 1.32. The number of alkyl halides is 3. The maximum Gasteiger partial charge on any atom is 0.416 e. The van der Waals surface area contributed by atoms with Gasteiger partial charge in [0.05, 0.1) is 18.7 Å². The van der Waals surface area contributed by atoms with E-state index in [1.54, 1.807) is 0 Å². The predicted molar refractivity (Wildman–Crippen MR) is 94.0 cm³/mol. The minimum absolute atomic E-state index is 0.0940. The van der Waals surface area contributed by atoms with E-state index in [1.165, 1.54) is 16.9 Å². The predicted octanol–water partition coefficient (Wildman–Crippen LogP) is 3.50. The van der Waals surface area contributed by atoms with Gasteiger partial charge in [0.1, 0.15) is 0 Å². The van der Waals surface area contributed by atoms with E-state index in [2.05, 4.69) is 15.4 Å². The van der Waals surface area contributed by atoms with Crippen LogP contribution in [0.15, 0.2) is 42.5 Å². The number of aryl methyl sites for hydroxylation is 1. The number of benzene rings is 2. The number of aromatic nitrogens is 4. The highest BCUT2D eigenvalue weighted by molar-refractivity contribution is 5.61. The van der Waals surface area contributed by atoms with E-state index in [-0.39, 0.29) is 13.2 Å². The molecule has 0 amide bonds. The van der Waals surface area contributed by atoms with Gasteiger partial charge in [-0.2, -0.15) is 18.0 Å². The van der Waals surface area contributed by atoms with Crippen LogP contribution in [0.1, 0.15) is 29.2 Å². The first-order valence-corrected chi connectivity index (χ1v) is 8.57. The third-order valence-electron chi connectivity index (χ3n) is 4.25. The van der Waals surface area contributed by atoms with Crippen molar-refractivity contribution in [3.8, 4) is 11.4 Å². The zero-order valence-corrected chi connectivity index (χ0v) is 14.7. The topological polar surface area (TPSA) is 63.8 Å². The van der Waals surface area contributed by atoms with Gasteiger partial charge in [0.25, 0.3) is 0 Å². The molecule has 0 aliphatic rings. The molecule has 0 bridgehead atoms. The molecule has 1 N–H and O–H groups in total. The van der Waals surface area contributed by atoms with Gasteiger partial charge in [0, 0.05) is 5.56 Å². The minimum Gasteiger partial charge on any atom is -0.394 e. The SMILES string of the molecule is CCc1ccc(Cc2ccc(C(F)(F)F)cc2)c(-c2nnn(CCO)n2)c1. The fraction of sp³-hybridized carbons (Fsp3) is 0.316. The fourth-order valence-electron chi connectivity index (χ4n) is 2.77. The first kappa shape index (κ1) is 19.0. The van der Waals surface area contributed by atoms with Crippen molar-refractivity contribution >= 4 is 0 Å². The first-order chi connectivity index (χ1) is 12.9. The molecule has 0 spiro atoms. The van der Waals surface area contributed by atoms with Crippen LogP contribution in [0, 0.1) is 0 Å². The van der Waals surface area contributed by atoms with Crippen LogP contribution >= 0.6 is 0 Å². The van der Waals surface area contributed by atoms with Gasteiger partial charge in [-0.25, -0.2) is 0 Å². The lowest BCUT2D eigenvalue weighted by atomic mass is 9.96. The van der Waals surface area contributed by atoms with Crippen LogP contribution in [0.3, 0.4) is 0 Å². The van der Waals surface area contributed by atoms with Crippen molar-refractivity contribution in [2.75, 3.05) is 6.61 Å². The molecule has 1 heterocycles. The van der Waals surface area contributed by atoms with Gasteiger partial charge in [-0.3, -0.25) is 0 Å². The van der Waals surface area contributed by atoms with Crippen LogP contribution in [-0.4, -0.2) is 31.9 Å². The Labute approximate surface area is 154 Å². The number of aliphatic hydroxyl groups excluding tert-OH is 1.